The van der Waals surface area contributed by atoms with Gasteiger partial charge in [-0.15, -0.1) is 11.3 Å². The molecule has 4 heterocycles. The molecular formula is C25H20F3N3O5S. The van der Waals surface area contributed by atoms with Gasteiger partial charge in [-0.3, -0.25) is 9.69 Å². The molecule has 2 aliphatic rings. The highest BCUT2D eigenvalue weighted by molar-refractivity contribution is 7.16. The van der Waals surface area contributed by atoms with Crippen LogP contribution in [0.5, 0.6) is 0 Å². The van der Waals surface area contributed by atoms with Crippen LogP contribution in [0.15, 0.2) is 56.2 Å². The van der Waals surface area contributed by atoms with Gasteiger partial charge >= 0.3 is 17.8 Å². The summed E-state index contributed by atoms with van der Waals surface area (Å²) >= 11 is 0.458. The highest BCUT2D eigenvalue weighted by Gasteiger charge is 2.40. The molecule has 1 N–H and O–H groups in total. The molecule has 8 nitrogen and oxygen atoms in total. The molecule has 1 aromatic carbocycles. The summed E-state index contributed by atoms with van der Waals surface area (Å²) in [5.74, 6) is -0.688. The highest BCUT2D eigenvalue weighted by Crippen LogP contribution is 2.45. The summed E-state index contributed by atoms with van der Waals surface area (Å²) in [4.78, 5) is 29.1. The monoisotopic (exact) mass is 531 g/mol. The van der Waals surface area contributed by atoms with Crippen LogP contribution in [0, 0.1) is 5.92 Å². The first-order valence-corrected chi connectivity index (χ1v) is 12.5. The van der Waals surface area contributed by atoms with Gasteiger partial charge in [0.25, 0.3) is 5.89 Å². The normalized spacial score (nSPS) is 18.5. The molecule has 12 heteroatoms. The van der Waals surface area contributed by atoms with Gasteiger partial charge in [0.2, 0.25) is 5.88 Å². The predicted octanol–water partition coefficient (Wildman–Crippen LogP) is 5.23. The second-order valence-electron chi connectivity index (χ2n) is 9.16. The molecule has 4 aromatic rings. The fraction of sp³-hybridized carbons (Fsp3) is 0.320. The van der Waals surface area contributed by atoms with E-state index in [1.165, 1.54) is 6.07 Å². The number of nitrogens with zero attached hydrogens (tertiary/aromatic N) is 3. The lowest BCUT2D eigenvalue weighted by Gasteiger charge is -2.43. The highest BCUT2D eigenvalue weighted by atomic mass is 32.1. The Labute approximate surface area is 211 Å². The number of rotatable bonds is 5. The Bertz CT molecular complexity index is 1530. The van der Waals surface area contributed by atoms with Gasteiger partial charge in [0.15, 0.2) is 0 Å². The van der Waals surface area contributed by atoms with Crippen molar-refractivity contribution in [2.45, 2.75) is 31.5 Å². The van der Waals surface area contributed by atoms with E-state index in [9.17, 15) is 27.9 Å². The van der Waals surface area contributed by atoms with Gasteiger partial charge in [-0.25, -0.2) is 4.79 Å². The van der Waals surface area contributed by atoms with Crippen LogP contribution in [0.25, 0.3) is 27.8 Å². The minimum Gasteiger partial charge on any atom is -0.481 e. The third-order valence-corrected chi connectivity index (χ3v) is 7.97. The van der Waals surface area contributed by atoms with Gasteiger partial charge in [0.05, 0.1) is 10.8 Å². The average molecular weight is 532 g/mol. The molecule has 192 valence electrons. The fourth-order valence-electron chi connectivity index (χ4n) is 4.98. The van der Waals surface area contributed by atoms with E-state index >= 15 is 0 Å². The Morgan fingerprint density at radius 1 is 1.16 bits per heavy atom. The lowest BCUT2D eigenvalue weighted by molar-refractivity contribution is -0.149. The quantitative estimate of drug-likeness (QED) is 0.376. The number of halogens is 3. The second kappa shape index (κ2) is 8.73. The summed E-state index contributed by atoms with van der Waals surface area (Å²) in [5, 5.41) is 9.19. The third kappa shape index (κ3) is 4.19. The van der Waals surface area contributed by atoms with E-state index in [0.717, 1.165) is 23.1 Å². The molecule has 1 saturated heterocycles. The molecule has 1 atom stereocenters. The molecule has 0 radical (unpaired) electrons. The smallest absolute Gasteiger partial charge is 0.426 e. The van der Waals surface area contributed by atoms with Crippen LogP contribution >= 0.6 is 11.3 Å². The summed E-state index contributed by atoms with van der Waals surface area (Å²) in [6, 6.07) is 11.1. The Balaban J connectivity index is 1.34. The average Bonchev–Trinajstić information content (AvgIpc) is 3.54. The molecule has 1 aliphatic carbocycles. The number of benzene rings is 1. The van der Waals surface area contributed by atoms with Crippen molar-refractivity contribution >= 4 is 17.3 Å². The number of carbonyl (C=O) groups is 1. The van der Waals surface area contributed by atoms with Crippen LogP contribution in [0.1, 0.15) is 35.1 Å². The molecule has 0 saturated carbocycles. The van der Waals surface area contributed by atoms with Crippen LogP contribution in [0.4, 0.5) is 13.2 Å². The topological polar surface area (TPSA) is 102 Å². The van der Waals surface area contributed by atoms with Gasteiger partial charge in [-0.2, -0.15) is 18.2 Å². The summed E-state index contributed by atoms with van der Waals surface area (Å²) in [6.07, 6.45) is -2.28. The first-order valence-electron chi connectivity index (χ1n) is 11.7. The maximum atomic E-state index is 13.8. The zero-order valence-electron chi connectivity index (χ0n) is 19.2. The van der Waals surface area contributed by atoms with Crippen molar-refractivity contribution in [2.75, 3.05) is 13.1 Å². The van der Waals surface area contributed by atoms with Crippen LogP contribution in [-0.2, 0) is 17.4 Å². The molecule has 1 unspecified atom stereocenters. The molecule has 3 aromatic heterocycles. The van der Waals surface area contributed by atoms with Gasteiger partial charge < -0.3 is 14.0 Å². The van der Waals surface area contributed by atoms with E-state index in [-0.39, 0.29) is 28.3 Å². The van der Waals surface area contributed by atoms with E-state index in [0.29, 0.717) is 42.2 Å². The van der Waals surface area contributed by atoms with E-state index in [4.69, 9.17) is 8.94 Å². The standard InChI is InChI=1S/C25H20F3N3O5S/c26-25(27,28)21-15(13-5-2-1-3-6-13)9-19(37-21)22-29-24(34)31(36-22)20-10-16-17(7-4-8-18(16)35-20)30-11-14(12-30)23(32)33/h1-3,5-6,9-10,14,17H,4,7-8,11-12H2,(H,32,33). The van der Waals surface area contributed by atoms with E-state index in [2.05, 4.69) is 9.88 Å². The number of fused-ring (bicyclic) bond motifs is 1. The number of carboxylic acids is 1. The zero-order valence-corrected chi connectivity index (χ0v) is 20.0. The number of hydrogen-bond donors (Lipinski definition) is 1. The Kier molecular flexibility index (Phi) is 5.60. The number of aromatic nitrogens is 2. The maximum Gasteiger partial charge on any atom is 0.426 e. The number of thiophene rings is 1. The van der Waals surface area contributed by atoms with Crippen LogP contribution in [0.3, 0.4) is 0 Å². The lowest BCUT2D eigenvalue weighted by Crippen LogP contribution is -2.52. The van der Waals surface area contributed by atoms with Crippen molar-refractivity contribution < 1.29 is 32.0 Å². The van der Waals surface area contributed by atoms with Crippen molar-refractivity contribution in [1.29, 1.82) is 0 Å². The minimum atomic E-state index is -4.59. The van der Waals surface area contributed by atoms with Crippen molar-refractivity contribution in [1.82, 2.24) is 14.6 Å². The summed E-state index contributed by atoms with van der Waals surface area (Å²) in [6.45, 7) is 0.881. The number of aliphatic carboxylic acids is 1. The van der Waals surface area contributed by atoms with Gasteiger partial charge in [-0.05, 0) is 24.5 Å². The lowest BCUT2D eigenvalue weighted by atomic mass is 9.87. The first-order chi connectivity index (χ1) is 17.7. The SMILES string of the molecule is O=C(O)C1CN(C2CCCc3oc(-n4oc(-c5cc(-c6ccccc6)c(C(F)(F)F)s5)nc4=O)cc32)C1. The summed E-state index contributed by atoms with van der Waals surface area (Å²) in [7, 11) is 0. The molecule has 1 aliphatic heterocycles. The van der Waals surface area contributed by atoms with Crippen LogP contribution < -0.4 is 5.69 Å². The fourth-order valence-corrected chi connectivity index (χ4v) is 5.95. The third-order valence-electron chi connectivity index (χ3n) is 6.80. The first kappa shape index (κ1) is 23.7. The largest absolute Gasteiger partial charge is 0.481 e. The number of alkyl halides is 3. The molecule has 1 fully saturated rings. The number of hydrogen-bond acceptors (Lipinski definition) is 7. The molecule has 0 bridgehead atoms. The Hall–Kier alpha value is -3.64. The minimum absolute atomic E-state index is 0.0178. The predicted molar refractivity (Wildman–Crippen MR) is 126 cm³/mol. The number of aryl methyl sites for hydroxylation is 1. The molecular weight excluding hydrogens is 511 g/mol. The number of likely N-dealkylation sites (tertiary alicyclic amines) is 1. The molecule has 0 amide bonds. The summed E-state index contributed by atoms with van der Waals surface area (Å²) in [5.41, 5.74) is 0.420. The molecule has 0 spiro atoms. The molecule has 37 heavy (non-hydrogen) atoms. The Morgan fingerprint density at radius 2 is 1.92 bits per heavy atom. The van der Waals surface area contributed by atoms with E-state index in [1.807, 2.05) is 0 Å². The van der Waals surface area contributed by atoms with E-state index in [1.54, 1.807) is 36.4 Å². The number of furan rings is 1. The zero-order chi connectivity index (χ0) is 25.9. The maximum absolute atomic E-state index is 13.8. The Morgan fingerprint density at radius 3 is 2.62 bits per heavy atom. The van der Waals surface area contributed by atoms with Crippen molar-refractivity contribution in [3.05, 3.63) is 69.1 Å². The van der Waals surface area contributed by atoms with Crippen LogP contribution in [0.2, 0.25) is 0 Å². The van der Waals surface area contributed by atoms with Gasteiger partial charge in [0.1, 0.15) is 10.6 Å². The van der Waals surface area contributed by atoms with E-state index < -0.39 is 28.6 Å². The summed E-state index contributed by atoms with van der Waals surface area (Å²) < 4.78 is 53.7. The van der Waals surface area contributed by atoms with Gasteiger partial charge in [0, 0.05) is 42.7 Å². The van der Waals surface area contributed by atoms with Crippen molar-refractivity contribution in [2.24, 2.45) is 5.92 Å². The van der Waals surface area contributed by atoms with Crippen molar-refractivity contribution in [3.63, 3.8) is 0 Å². The van der Waals surface area contributed by atoms with Crippen molar-refractivity contribution in [3.8, 4) is 27.8 Å². The number of carboxylic acid groups (broad SMARTS) is 1. The van der Waals surface area contributed by atoms with Gasteiger partial charge in [-0.1, -0.05) is 35.1 Å². The molecule has 6 rings (SSSR count). The second-order valence-corrected chi connectivity index (χ2v) is 10.2. The van der Waals surface area contributed by atoms with Crippen LogP contribution in [-0.4, -0.2) is 38.8 Å².